The highest BCUT2D eigenvalue weighted by atomic mass is 16.1. The van der Waals surface area contributed by atoms with Crippen LogP contribution in [0.2, 0.25) is 0 Å². The van der Waals surface area contributed by atoms with Gasteiger partial charge in [-0.15, -0.1) is 0 Å². The molecule has 1 aliphatic rings. The van der Waals surface area contributed by atoms with Crippen molar-refractivity contribution in [2.75, 3.05) is 38.0 Å². The van der Waals surface area contributed by atoms with Crippen LogP contribution < -0.4 is 10.6 Å². The Bertz CT molecular complexity index is 467. The summed E-state index contributed by atoms with van der Waals surface area (Å²) in [6.45, 7) is 9.18. The van der Waals surface area contributed by atoms with Gasteiger partial charge < -0.3 is 15.5 Å². The van der Waals surface area contributed by atoms with Gasteiger partial charge in [-0.2, -0.15) is 0 Å². The van der Waals surface area contributed by atoms with Crippen molar-refractivity contribution in [2.24, 2.45) is 0 Å². The molecule has 1 fully saturated rings. The number of carbonyl (C=O) groups excluding carboxylic acids is 1. The minimum atomic E-state index is 0.0272. The van der Waals surface area contributed by atoms with Gasteiger partial charge in [0.05, 0.1) is 0 Å². The smallest absolute Gasteiger partial charge is 0.251 e. The van der Waals surface area contributed by atoms with Gasteiger partial charge in [-0.1, -0.05) is 6.92 Å². The molecule has 1 amide bonds. The summed E-state index contributed by atoms with van der Waals surface area (Å²) in [5, 5.41) is 6.39. The lowest BCUT2D eigenvalue weighted by atomic mass is 10.1. The standard InChI is InChI=1S/C17H27N3O/c1-3-8-18-16-7-6-15(13-14(16)2)17(21)19-9-12-20-10-4-5-11-20/h6-7,13,18H,3-5,8-12H2,1-2H3,(H,19,21). The molecule has 21 heavy (non-hydrogen) atoms. The molecule has 0 unspecified atom stereocenters. The molecule has 4 nitrogen and oxygen atoms in total. The van der Waals surface area contributed by atoms with Crippen LogP contribution in [0.15, 0.2) is 18.2 Å². The Hall–Kier alpha value is -1.55. The molecule has 0 aromatic heterocycles. The van der Waals surface area contributed by atoms with Crippen LogP contribution in [0.3, 0.4) is 0 Å². The molecule has 1 aromatic rings. The number of nitrogens with one attached hydrogen (secondary N) is 2. The number of anilines is 1. The summed E-state index contributed by atoms with van der Waals surface area (Å²) in [7, 11) is 0. The van der Waals surface area contributed by atoms with E-state index in [2.05, 4.69) is 22.5 Å². The largest absolute Gasteiger partial charge is 0.385 e. The first-order valence-electron chi connectivity index (χ1n) is 8.06. The average Bonchev–Trinajstić information content (AvgIpc) is 2.99. The third kappa shape index (κ3) is 4.74. The van der Waals surface area contributed by atoms with E-state index in [-0.39, 0.29) is 5.91 Å². The molecule has 0 atom stereocenters. The Morgan fingerprint density at radius 1 is 1.24 bits per heavy atom. The Balaban J connectivity index is 1.82. The first-order valence-corrected chi connectivity index (χ1v) is 8.06. The summed E-state index contributed by atoms with van der Waals surface area (Å²) in [6.07, 6.45) is 3.68. The van der Waals surface area contributed by atoms with Crippen LogP contribution in [0.5, 0.6) is 0 Å². The lowest BCUT2D eigenvalue weighted by Crippen LogP contribution is -2.33. The molecular formula is C17H27N3O. The van der Waals surface area contributed by atoms with Crippen LogP contribution in [0, 0.1) is 6.92 Å². The molecule has 1 heterocycles. The van der Waals surface area contributed by atoms with E-state index in [0.717, 1.165) is 42.9 Å². The van der Waals surface area contributed by atoms with Gasteiger partial charge >= 0.3 is 0 Å². The minimum Gasteiger partial charge on any atom is -0.385 e. The van der Waals surface area contributed by atoms with Gasteiger partial charge in [0.1, 0.15) is 0 Å². The highest BCUT2D eigenvalue weighted by Gasteiger charge is 2.12. The molecule has 4 heteroatoms. The number of nitrogens with zero attached hydrogens (tertiary/aromatic N) is 1. The number of rotatable bonds is 7. The zero-order valence-electron chi connectivity index (χ0n) is 13.2. The maximum atomic E-state index is 12.1. The lowest BCUT2D eigenvalue weighted by molar-refractivity contribution is 0.0949. The van der Waals surface area contributed by atoms with E-state index in [9.17, 15) is 4.79 Å². The summed E-state index contributed by atoms with van der Waals surface area (Å²) in [5.41, 5.74) is 2.98. The summed E-state index contributed by atoms with van der Waals surface area (Å²) in [5.74, 6) is 0.0272. The Labute approximate surface area is 127 Å². The predicted octanol–water partition coefficient (Wildman–Crippen LogP) is 2.64. The van der Waals surface area contributed by atoms with E-state index >= 15 is 0 Å². The van der Waals surface area contributed by atoms with E-state index < -0.39 is 0 Å². The molecule has 2 N–H and O–H groups in total. The molecule has 0 saturated carbocycles. The number of hydrogen-bond donors (Lipinski definition) is 2. The molecule has 0 bridgehead atoms. The van der Waals surface area contributed by atoms with Crippen molar-refractivity contribution >= 4 is 11.6 Å². The van der Waals surface area contributed by atoms with Crippen LogP contribution in [0.4, 0.5) is 5.69 Å². The van der Waals surface area contributed by atoms with Crippen molar-refractivity contribution in [3.05, 3.63) is 29.3 Å². The molecular weight excluding hydrogens is 262 g/mol. The molecule has 0 spiro atoms. The van der Waals surface area contributed by atoms with Crippen LogP contribution in [-0.4, -0.2) is 43.5 Å². The SMILES string of the molecule is CCCNc1ccc(C(=O)NCCN2CCCC2)cc1C. The third-order valence-corrected chi connectivity index (χ3v) is 3.97. The number of aryl methyl sites for hydroxylation is 1. The van der Waals surface area contributed by atoms with Crippen LogP contribution in [-0.2, 0) is 0 Å². The van der Waals surface area contributed by atoms with Crippen molar-refractivity contribution in [1.29, 1.82) is 0 Å². The van der Waals surface area contributed by atoms with Crippen LogP contribution in [0.25, 0.3) is 0 Å². The number of benzene rings is 1. The second-order valence-corrected chi connectivity index (χ2v) is 5.76. The number of amides is 1. The highest BCUT2D eigenvalue weighted by molar-refractivity contribution is 5.94. The molecule has 116 valence electrons. The molecule has 1 saturated heterocycles. The fourth-order valence-corrected chi connectivity index (χ4v) is 2.70. The van der Waals surface area contributed by atoms with Gasteiger partial charge in [-0.05, 0) is 63.0 Å². The molecule has 1 aliphatic heterocycles. The van der Waals surface area contributed by atoms with Crippen molar-refractivity contribution in [3.63, 3.8) is 0 Å². The monoisotopic (exact) mass is 289 g/mol. The van der Waals surface area contributed by atoms with E-state index in [1.165, 1.54) is 25.9 Å². The topological polar surface area (TPSA) is 44.4 Å². The summed E-state index contributed by atoms with van der Waals surface area (Å²) in [6, 6.07) is 5.86. The van der Waals surface area contributed by atoms with Gasteiger partial charge in [0.15, 0.2) is 0 Å². The Morgan fingerprint density at radius 3 is 2.67 bits per heavy atom. The zero-order chi connectivity index (χ0) is 15.1. The third-order valence-electron chi connectivity index (χ3n) is 3.97. The van der Waals surface area contributed by atoms with E-state index in [1.54, 1.807) is 0 Å². The second kappa shape index (κ2) is 8.03. The quantitative estimate of drug-likeness (QED) is 0.811. The Morgan fingerprint density at radius 2 is 2.00 bits per heavy atom. The lowest BCUT2D eigenvalue weighted by Gasteiger charge is -2.15. The van der Waals surface area contributed by atoms with Crippen molar-refractivity contribution in [1.82, 2.24) is 10.2 Å². The Kier molecular flexibility index (Phi) is 6.05. The normalized spacial score (nSPS) is 15.1. The van der Waals surface area contributed by atoms with E-state index in [4.69, 9.17) is 0 Å². The predicted molar refractivity (Wildman–Crippen MR) is 88.0 cm³/mol. The van der Waals surface area contributed by atoms with Gasteiger partial charge in [-0.3, -0.25) is 4.79 Å². The van der Waals surface area contributed by atoms with Crippen LogP contribution in [0.1, 0.15) is 42.1 Å². The minimum absolute atomic E-state index is 0.0272. The van der Waals surface area contributed by atoms with Gasteiger partial charge in [0.2, 0.25) is 0 Å². The number of hydrogen-bond acceptors (Lipinski definition) is 3. The first kappa shape index (κ1) is 15.8. The van der Waals surface area contributed by atoms with E-state index in [1.807, 2.05) is 25.1 Å². The first-order chi connectivity index (χ1) is 10.2. The highest BCUT2D eigenvalue weighted by Crippen LogP contribution is 2.16. The average molecular weight is 289 g/mol. The molecule has 1 aromatic carbocycles. The maximum absolute atomic E-state index is 12.1. The molecule has 0 radical (unpaired) electrons. The zero-order valence-corrected chi connectivity index (χ0v) is 13.2. The van der Waals surface area contributed by atoms with Gasteiger partial charge in [0, 0.05) is 30.9 Å². The fraction of sp³-hybridized carbons (Fsp3) is 0.588. The molecule has 2 rings (SSSR count). The number of carbonyl (C=O) groups is 1. The summed E-state index contributed by atoms with van der Waals surface area (Å²) < 4.78 is 0. The number of likely N-dealkylation sites (tertiary alicyclic amines) is 1. The van der Waals surface area contributed by atoms with Crippen molar-refractivity contribution in [2.45, 2.75) is 33.1 Å². The summed E-state index contributed by atoms with van der Waals surface area (Å²) in [4.78, 5) is 14.6. The summed E-state index contributed by atoms with van der Waals surface area (Å²) >= 11 is 0. The second-order valence-electron chi connectivity index (χ2n) is 5.76. The van der Waals surface area contributed by atoms with Gasteiger partial charge in [0.25, 0.3) is 5.91 Å². The molecule has 0 aliphatic carbocycles. The van der Waals surface area contributed by atoms with Crippen molar-refractivity contribution < 1.29 is 4.79 Å². The van der Waals surface area contributed by atoms with Gasteiger partial charge in [-0.25, -0.2) is 0 Å². The fourth-order valence-electron chi connectivity index (χ4n) is 2.70. The van der Waals surface area contributed by atoms with Crippen LogP contribution >= 0.6 is 0 Å². The maximum Gasteiger partial charge on any atom is 0.251 e. The van der Waals surface area contributed by atoms with E-state index in [0.29, 0.717) is 0 Å². The van der Waals surface area contributed by atoms with Crippen molar-refractivity contribution in [3.8, 4) is 0 Å².